The van der Waals surface area contributed by atoms with E-state index in [-0.39, 0.29) is 30.0 Å². The SMILES string of the molecule is C=CCn1c(=S)[nH]c2cc(C(=O)NCC(=O)OCc3ccccc3)ccc2c1=O. The molecule has 1 amide bonds. The van der Waals surface area contributed by atoms with Crippen molar-refractivity contribution in [2.24, 2.45) is 0 Å². The first-order valence-electron chi connectivity index (χ1n) is 8.85. The number of hydrogen-bond donors (Lipinski definition) is 2. The Hall–Kier alpha value is -3.52. The van der Waals surface area contributed by atoms with Gasteiger partial charge in [-0.2, -0.15) is 0 Å². The molecule has 0 saturated heterocycles. The first-order chi connectivity index (χ1) is 14.0. The van der Waals surface area contributed by atoms with E-state index in [0.717, 1.165) is 5.56 Å². The fraction of sp³-hybridized carbons (Fsp3) is 0.143. The molecule has 0 atom stereocenters. The zero-order chi connectivity index (χ0) is 20.8. The highest BCUT2D eigenvalue weighted by Gasteiger charge is 2.12. The first kappa shape index (κ1) is 20.2. The van der Waals surface area contributed by atoms with Gasteiger partial charge < -0.3 is 15.0 Å². The summed E-state index contributed by atoms with van der Waals surface area (Å²) >= 11 is 5.19. The molecule has 0 aliphatic carbocycles. The maximum absolute atomic E-state index is 12.5. The minimum atomic E-state index is -0.547. The van der Waals surface area contributed by atoms with Gasteiger partial charge in [0.15, 0.2) is 4.77 Å². The van der Waals surface area contributed by atoms with Crippen molar-refractivity contribution in [1.29, 1.82) is 0 Å². The number of nitrogens with one attached hydrogen (secondary N) is 2. The standard InChI is InChI=1S/C21H19N3O4S/c1-2-10-24-20(27)16-9-8-15(11-17(16)23-21(24)29)19(26)22-12-18(25)28-13-14-6-4-3-5-7-14/h2-9,11H,1,10,12-13H2,(H,22,26)(H,23,29). The van der Waals surface area contributed by atoms with Crippen LogP contribution in [0.25, 0.3) is 10.9 Å². The number of aromatic nitrogens is 2. The molecule has 3 rings (SSSR count). The number of ether oxygens (including phenoxy) is 1. The Labute approximate surface area is 171 Å². The molecule has 148 valence electrons. The van der Waals surface area contributed by atoms with Crippen molar-refractivity contribution < 1.29 is 14.3 Å². The van der Waals surface area contributed by atoms with Gasteiger partial charge in [0, 0.05) is 12.1 Å². The summed E-state index contributed by atoms with van der Waals surface area (Å²) in [5, 5.41) is 2.91. The summed E-state index contributed by atoms with van der Waals surface area (Å²) in [5.41, 5.74) is 1.33. The number of esters is 1. The Morgan fingerprint density at radius 3 is 2.69 bits per heavy atom. The third kappa shape index (κ3) is 4.85. The van der Waals surface area contributed by atoms with Gasteiger partial charge in [-0.15, -0.1) is 6.58 Å². The van der Waals surface area contributed by atoms with Crippen LogP contribution in [0.1, 0.15) is 15.9 Å². The van der Waals surface area contributed by atoms with Crippen molar-refractivity contribution in [2.75, 3.05) is 6.54 Å². The number of fused-ring (bicyclic) bond motifs is 1. The molecule has 0 fully saturated rings. The number of allylic oxidation sites excluding steroid dienone is 1. The minimum absolute atomic E-state index is 0.138. The van der Waals surface area contributed by atoms with E-state index in [1.807, 2.05) is 30.3 Å². The van der Waals surface area contributed by atoms with Gasteiger partial charge in [-0.3, -0.25) is 19.0 Å². The number of H-pyrrole nitrogens is 1. The molecule has 29 heavy (non-hydrogen) atoms. The highest BCUT2D eigenvalue weighted by Crippen LogP contribution is 2.11. The van der Waals surface area contributed by atoms with Crippen molar-refractivity contribution in [2.45, 2.75) is 13.2 Å². The van der Waals surface area contributed by atoms with Gasteiger partial charge in [0.2, 0.25) is 0 Å². The van der Waals surface area contributed by atoms with E-state index in [1.54, 1.807) is 12.1 Å². The largest absolute Gasteiger partial charge is 0.460 e. The van der Waals surface area contributed by atoms with Crippen LogP contribution in [0.3, 0.4) is 0 Å². The van der Waals surface area contributed by atoms with Crippen LogP contribution in [0.5, 0.6) is 0 Å². The van der Waals surface area contributed by atoms with E-state index >= 15 is 0 Å². The number of benzene rings is 2. The third-order valence-corrected chi connectivity index (χ3v) is 4.51. The molecular formula is C21H19N3O4S. The molecule has 0 aliphatic rings. The second-order valence-corrected chi connectivity index (χ2v) is 6.61. The van der Waals surface area contributed by atoms with Gasteiger partial charge >= 0.3 is 5.97 Å². The minimum Gasteiger partial charge on any atom is -0.460 e. The topological polar surface area (TPSA) is 93.2 Å². The lowest BCUT2D eigenvalue weighted by Gasteiger charge is -2.09. The van der Waals surface area contributed by atoms with E-state index in [0.29, 0.717) is 16.5 Å². The average molecular weight is 409 g/mol. The normalized spacial score (nSPS) is 10.5. The highest BCUT2D eigenvalue weighted by molar-refractivity contribution is 7.71. The molecule has 0 saturated carbocycles. The number of nitrogens with zero attached hydrogens (tertiary/aromatic N) is 1. The molecule has 0 radical (unpaired) electrons. The molecule has 0 bridgehead atoms. The van der Waals surface area contributed by atoms with Crippen LogP contribution >= 0.6 is 12.2 Å². The van der Waals surface area contributed by atoms with E-state index < -0.39 is 11.9 Å². The number of rotatable bonds is 7. The van der Waals surface area contributed by atoms with E-state index in [1.165, 1.54) is 16.7 Å². The fourth-order valence-corrected chi connectivity index (χ4v) is 3.00. The van der Waals surface area contributed by atoms with Gasteiger partial charge in [0.25, 0.3) is 11.5 Å². The molecule has 7 nitrogen and oxygen atoms in total. The van der Waals surface area contributed by atoms with E-state index in [2.05, 4.69) is 16.9 Å². The van der Waals surface area contributed by atoms with Gasteiger partial charge in [-0.25, -0.2) is 0 Å². The maximum atomic E-state index is 12.5. The van der Waals surface area contributed by atoms with Crippen molar-refractivity contribution >= 4 is 35.0 Å². The summed E-state index contributed by atoms with van der Waals surface area (Å²) in [4.78, 5) is 39.6. The Kier molecular flexibility index (Phi) is 6.36. The Balaban J connectivity index is 1.67. The number of aromatic amines is 1. The van der Waals surface area contributed by atoms with Gasteiger partial charge in [0.1, 0.15) is 13.2 Å². The maximum Gasteiger partial charge on any atom is 0.325 e. The van der Waals surface area contributed by atoms with Crippen LogP contribution in [0.2, 0.25) is 0 Å². The molecule has 1 heterocycles. The van der Waals surface area contributed by atoms with Crippen molar-refractivity contribution in [3.05, 3.63) is 87.4 Å². The molecular weight excluding hydrogens is 390 g/mol. The summed E-state index contributed by atoms with van der Waals surface area (Å²) in [7, 11) is 0. The summed E-state index contributed by atoms with van der Waals surface area (Å²) in [6.45, 7) is 3.77. The Morgan fingerprint density at radius 1 is 1.21 bits per heavy atom. The molecule has 8 heteroatoms. The van der Waals surface area contributed by atoms with Crippen molar-refractivity contribution in [1.82, 2.24) is 14.9 Å². The molecule has 1 aromatic heterocycles. The first-order valence-corrected chi connectivity index (χ1v) is 9.26. The Bertz CT molecular complexity index is 1180. The van der Waals surface area contributed by atoms with Crippen LogP contribution in [0.15, 0.2) is 66.0 Å². The number of amides is 1. The second kappa shape index (κ2) is 9.11. The van der Waals surface area contributed by atoms with Gasteiger partial charge in [-0.1, -0.05) is 36.4 Å². The lowest BCUT2D eigenvalue weighted by Crippen LogP contribution is -2.30. The lowest BCUT2D eigenvalue weighted by atomic mass is 10.1. The summed E-state index contributed by atoms with van der Waals surface area (Å²) in [6.07, 6.45) is 1.58. The van der Waals surface area contributed by atoms with Crippen LogP contribution in [-0.2, 0) is 22.7 Å². The zero-order valence-corrected chi connectivity index (χ0v) is 16.3. The zero-order valence-electron chi connectivity index (χ0n) is 15.5. The number of carbonyl (C=O) groups excluding carboxylic acids is 2. The van der Waals surface area contributed by atoms with Crippen LogP contribution in [0, 0.1) is 4.77 Å². The van der Waals surface area contributed by atoms with Gasteiger partial charge in [-0.05, 0) is 36.0 Å². The van der Waals surface area contributed by atoms with Gasteiger partial charge in [0.05, 0.1) is 10.9 Å². The molecule has 0 aliphatic heterocycles. The smallest absolute Gasteiger partial charge is 0.325 e. The third-order valence-electron chi connectivity index (χ3n) is 4.19. The second-order valence-electron chi connectivity index (χ2n) is 6.22. The van der Waals surface area contributed by atoms with Crippen LogP contribution in [-0.4, -0.2) is 28.0 Å². The van der Waals surface area contributed by atoms with E-state index in [4.69, 9.17) is 17.0 Å². The van der Waals surface area contributed by atoms with E-state index in [9.17, 15) is 14.4 Å². The molecule has 0 spiro atoms. The van der Waals surface area contributed by atoms with Crippen LogP contribution < -0.4 is 10.9 Å². The number of carbonyl (C=O) groups is 2. The van der Waals surface area contributed by atoms with Crippen LogP contribution in [0.4, 0.5) is 0 Å². The summed E-state index contributed by atoms with van der Waals surface area (Å²) in [5.74, 6) is -1.01. The average Bonchev–Trinajstić information content (AvgIpc) is 2.73. The predicted molar refractivity (Wildman–Crippen MR) is 112 cm³/mol. The van der Waals surface area contributed by atoms with Crippen molar-refractivity contribution in [3.8, 4) is 0 Å². The number of hydrogen-bond acceptors (Lipinski definition) is 5. The summed E-state index contributed by atoms with van der Waals surface area (Å²) in [6, 6.07) is 13.8. The molecule has 2 N–H and O–H groups in total. The monoisotopic (exact) mass is 409 g/mol. The Morgan fingerprint density at radius 2 is 1.97 bits per heavy atom. The lowest BCUT2D eigenvalue weighted by molar-refractivity contribution is -0.143. The molecule has 3 aromatic rings. The van der Waals surface area contributed by atoms with Crippen molar-refractivity contribution in [3.63, 3.8) is 0 Å². The summed E-state index contributed by atoms with van der Waals surface area (Å²) < 4.78 is 6.75. The predicted octanol–water partition coefficient (Wildman–Crippen LogP) is 2.72. The quantitative estimate of drug-likeness (QED) is 0.356. The highest BCUT2D eigenvalue weighted by atomic mass is 32.1. The molecule has 0 unspecified atom stereocenters. The fourth-order valence-electron chi connectivity index (χ4n) is 2.73. The molecule has 2 aromatic carbocycles.